The number of hydrogen-bond donors (Lipinski definition) is 0. The summed E-state index contributed by atoms with van der Waals surface area (Å²) in [6.45, 7) is 0. The molecule has 2 heterocycles. The number of fused-ring (bicyclic) bond motifs is 1. The molecule has 2 aromatic carbocycles. The minimum Gasteiger partial charge on any atom is -0.496 e. The fourth-order valence-electron chi connectivity index (χ4n) is 2.80. The third-order valence-electron chi connectivity index (χ3n) is 3.98. The van der Waals surface area contributed by atoms with E-state index in [-0.39, 0.29) is 11.2 Å². The van der Waals surface area contributed by atoms with Gasteiger partial charge < -0.3 is 13.6 Å². The van der Waals surface area contributed by atoms with Crippen LogP contribution in [0.1, 0.15) is 0 Å². The number of benzene rings is 2. The van der Waals surface area contributed by atoms with Crippen molar-refractivity contribution in [3.05, 3.63) is 76.9 Å². The van der Waals surface area contributed by atoms with E-state index in [9.17, 15) is 9.18 Å². The average molecular weight is 336 g/mol. The Bertz CT molecular complexity index is 1090. The van der Waals surface area contributed by atoms with Crippen LogP contribution in [0.15, 0.2) is 74.5 Å². The third kappa shape index (κ3) is 2.59. The second-order valence-corrected chi connectivity index (χ2v) is 5.48. The first-order valence-electron chi connectivity index (χ1n) is 7.62. The van der Waals surface area contributed by atoms with Crippen molar-refractivity contribution in [1.29, 1.82) is 0 Å². The minimum absolute atomic E-state index is 0.242. The second kappa shape index (κ2) is 5.94. The zero-order chi connectivity index (χ0) is 17.4. The Labute approximate surface area is 142 Å². The molecule has 0 saturated heterocycles. The largest absolute Gasteiger partial charge is 0.496 e. The standard InChI is InChI=1S/C20H13FO4/c1-23-17-9-8-14(12-4-6-13(21)7-5-12)20-19(17)15(22)11-18(25-20)16-3-2-10-24-16/h2-11H,1H3. The first-order valence-corrected chi connectivity index (χ1v) is 7.62. The SMILES string of the molecule is COc1ccc(-c2ccc(F)cc2)c2oc(-c3ccco3)cc(=O)c12. The van der Waals surface area contributed by atoms with Crippen LogP contribution >= 0.6 is 0 Å². The quantitative estimate of drug-likeness (QED) is 0.536. The molecule has 0 unspecified atom stereocenters. The van der Waals surface area contributed by atoms with Gasteiger partial charge in [0.25, 0.3) is 0 Å². The monoisotopic (exact) mass is 336 g/mol. The van der Waals surface area contributed by atoms with Crippen molar-refractivity contribution in [2.45, 2.75) is 0 Å². The van der Waals surface area contributed by atoms with Crippen LogP contribution in [0.25, 0.3) is 33.6 Å². The smallest absolute Gasteiger partial charge is 0.197 e. The number of halogens is 1. The molecule has 124 valence electrons. The lowest BCUT2D eigenvalue weighted by atomic mass is 10.0. The molecule has 4 rings (SSSR count). The maximum atomic E-state index is 13.2. The van der Waals surface area contributed by atoms with E-state index in [1.54, 1.807) is 36.4 Å². The van der Waals surface area contributed by atoms with Crippen molar-refractivity contribution < 1.29 is 18.0 Å². The molecule has 0 fully saturated rings. The fourth-order valence-corrected chi connectivity index (χ4v) is 2.80. The molecule has 25 heavy (non-hydrogen) atoms. The van der Waals surface area contributed by atoms with Crippen LogP contribution in [0.2, 0.25) is 0 Å². The van der Waals surface area contributed by atoms with E-state index in [2.05, 4.69) is 0 Å². The number of hydrogen-bond acceptors (Lipinski definition) is 4. The molecule has 4 aromatic rings. The Morgan fingerprint density at radius 3 is 2.48 bits per heavy atom. The summed E-state index contributed by atoms with van der Waals surface area (Å²) in [6, 6.07) is 14.3. The first-order chi connectivity index (χ1) is 12.2. The lowest BCUT2D eigenvalue weighted by Gasteiger charge is -2.10. The lowest BCUT2D eigenvalue weighted by Crippen LogP contribution is -2.03. The van der Waals surface area contributed by atoms with Crippen molar-refractivity contribution in [3.8, 4) is 28.4 Å². The van der Waals surface area contributed by atoms with Gasteiger partial charge in [0.1, 0.15) is 22.5 Å². The van der Waals surface area contributed by atoms with Gasteiger partial charge in [0.2, 0.25) is 0 Å². The maximum absolute atomic E-state index is 13.2. The van der Waals surface area contributed by atoms with Crippen LogP contribution in [-0.2, 0) is 0 Å². The van der Waals surface area contributed by atoms with Gasteiger partial charge in [-0.2, -0.15) is 0 Å². The van der Waals surface area contributed by atoms with Crippen LogP contribution in [0.4, 0.5) is 4.39 Å². The van der Waals surface area contributed by atoms with Gasteiger partial charge in [0, 0.05) is 11.6 Å². The second-order valence-electron chi connectivity index (χ2n) is 5.48. The summed E-state index contributed by atoms with van der Waals surface area (Å²) in [5.74, 6) is 0.853. The molecular weight excluding hydrogens is 323 g/mol. The molecule has 0 N–H and O–H groups in total. The normalized spacial score (nSPS) is 11.0. The van der Waals surface area contributed by atoms with Gasteiger partial charge >= 0.3 is 0 Å². The molecule has 0 spiro atoms. The third-order valence-corrected chi connectivity index (χ3v) is 3.98. The van der Waals surface area contributed by atoms with E-state index in [1.165, 1.54) is 31.6 Å². The predicted molar refractivity (Wildman–Crippen MR) is 92.1 cm³/mol. The molecule has 4 nitrogen and oxygen atoms in total. The van der Waals surface area contributed by atoms with Crippen molar-refractivity contribution in [1.82, 2.24) is 0 Å². The Balaban J connectivity index is 2.06. The van der Waals surface area contributed by atoms with Gasteiger partial charge in [0.05, 0.1) is 13.4 Å². The van der Waals surface area contributed by atoms with Gasteiger partial charge in [-0.3, -0.25) is 4.79 Å². The van der Waals surface area contributed by atoms with Gasteiger partial charge in [-0.05, 0) is 42.0 Å². The molecule has 0 saturated carbocycles. The van der Waals surface area contributed by atoms with Crippen molar-refractivity contribution in [2.75, 3.05) is 7.11 Å². The number of rotatable bonds is 3. The van der Waals surface area contributed by atoms with E-state index in [4.69, 9.17) is 13.6 Å². The molecule has 0 amide bonds. The highest BCUT2D eigenvalue weighted by atomic mass is 19.1. The maximum Gasteiger partial charge on any atom is 0.197 e. The van der Waals surface area contributed by atoms with E-state index < -0.39 is 0 Å². The Morgan fingerprint density at radius 2 is 1.80 bits per heavy atom. The van der Waals surface area contributed by atoms with Crippen LogP contribution in [0, 0.1) is 5.82 Å². The van der Waals surface area contributed by atoms with Crippen molar-refractivity contribution in [3.63, 3.8) is 0 Å². The van der Waals surface area contributed by atoms with E-state index in [0.717, 1.165) is 5.56 Å². The van der Waals surface area contributed by atoms with E-state index in [0.29, 0.717) is 33.8 Å². The van der Waals surface area contributed by atoms with E-state index >= 15 is 0 Å². The highest BCUT2D eigenvalue weighted by Gasteiger charge is 2.17. The van der Waals surface area contributed by atoms with Gasteiger partial charge in [-0.25, -0.2) is 4.39 Å². The van der Waals surface area contributed by atoms with Crippen LogP contribution in [0.5, 0.6) is 5.75 Å². The van der Waals surface area contributed by atoms with Gasteiger partial charge in [0.15, 0.2) is 16.9 Å². The molecule has 5 heteroatoms. The first kappa shape index (κ1) is 15.2. The summed E-state index contributed by atoms with van der Waals surface area (Å²) in [5, 5.41) is 0.333. The highest BCUT2D eigenvalue weighted by Crippen LogP contribution is 2.35. The molecular formula is C20H13FO4. The summed E-state index contributed by atoms with van der Waals surface area (Å²) in [7, 11) is 1.49. The molecule has 0 bridgehead atoms. The zero-order valence-corrected chi connectivity index (χ0v) is 13.3. The number of ether oxygens (including phenoxy) is 1. The predicted octanol–water partition coefficient (Wildman–Crippen LogP) is 4.87. The summed E-state index contributed by atoms with van der Waals surface area (Å²) in [4.78, 5) is 12.7. The summed E-state index contributed by atoms with van der Waals surface area (Å²) in [5.41, 5.74) is 1.52. The molecule has 0 aliphatic carbocycles. The van der Waals surface area contributed by atoms with Crippen molar-refractivity contribution in [2.24, 2.45) is 0 Å². The lowest BCUT2D eigenvalue weighted by molar-refractivity contribution is 0.418. The molecule has 0 radical (unpaired) electrons. The molecule has 0 atom stereocenters. The highest BCUT2D eigenvalue weighted by molar-refractivity contribution is 5.96. The van der Waals surface area contributed by atoms with Crippen LogP contribution < -0.4 is 10.2 Å². The number of furan rings is 1. The fraction of sp³-hybridized carbons (Fsp3) is 0.0500. The summed E-state index contributed by atoms with van der Waals surface area (Å²) in [6.07, 6.45) is 1.51. The minimum atomic E-state index is -0.334. The zero-order valence-electron chi connectivity index (χ0n) is 13.3. The van der Waals surface area contributed by atoms with Crippen molar-refractivity contribution >= 4 is 11.0 Å². The van der Waals surface area contributed by atoms with E-state index in [1.807, 2.05) is 0 Å². The molecule has 2 aromatic heterocycles. The van der Waals surface area contributed by atoms with Crippen LogP contribution in [0.3, 0.4) is 0 Å². The average Bonchev–Trinajstić information content (AvgIpc) is 3.16. The van der Waals surface area contributed by atoms with Crippen LogP contribution in [-0.4, -0.2) is 7.11 Å². The van der Waals surface area contributed by atoms with Gasteiger partial charge in [-0.15, -0.1) is 0 Å². The Hall–Kier alpha value is -3.34. The molecule has 0 aliphatic rings. The molecule has 0 aliphatic heterocycles. The topological polar surface area (TPSA) is 52.6 Å². The number of methoxy groups -OCH3 is 1. The summed E-state index contributed by atoms with van der Waals surface area (Å²) < 4.78 is 29.9. The Morgan fingerprint density at radius 1 is 1.00 bits per heavy atom. The summed E-state index contributed by atoms with van der Waals surface area (Å²) >= 11 is 0. The van der Waals surface area contributed by atoms with Gasteiger partial charge in [-0.1, -0.05) is 12.1 Å². The Kier molecular flexibility index (Phi) is 3.61.